The van der Waals surface area contributed by atoms with Gasteiger partial charge in [0.25, 0.3) is 17.9 Å². The zero-order valence-electron chi connectivity index (χ0n) is 10.4. The molecule has 0 aliphatic carbocycles. The largest absolute Gasteiger partial charge is 1.20 e. The number of alkyl halides is 3. The summed E-state index contributed by atoms with van der Waals surface area (Å²) >= 11 is 5.81. The van der Waals surface area contributed by atoms with Gasteiger partial charge in [0, 0.05) is 0 Å². The molecule has 6 nitrogen and oxygen atoms in total. The fourth-order valence-corrected chi connectivity index (χ4v) is 2.89. The molecular formula is C9H12AlBr3O6. The fraction of sp³-hybridized carbons (Fsp3) is 0.667. The lowest BCUT2D eigenvalue weighted by Gasteiger charge is -2.15. The normalized spacial score (nSPS) is 14.8. The van der Waals surface area contributed by atoms with Gasteiger partial charge < -0.3 is 11.4 Å². The van der Waals surface area contributed by atoms with Crippen molar-refractivity contribution in [1.29, 1.82) is 0 Å². The number of hydrogen-bond donors (Lipinski definition) is 0. The van der Waals surface area contributed by atoms with Crippen molar-refractivity contribution in [3.8, 4) is 0 Å². The molecule has 0 saturated carbocycles. The predicted octanol–water partition coefficient (Wildman–Crippen LogP) is 1.95. The Morgan fingerprint density at radius 1 is 0.737 bits per heavy atom. The van der Waals surface area contributed by atoms with Crippen LogP contribution in [0.15, 0.2) is 0 Å². The van der Waals surface area contributed by atoms with Crippen LogP contribution >= 0.6 is 47.8 Å². The lowest BCUT2D eigenvalue weighted by molar-refractivity contribution is -0.146. The smallest absolute Gasteiger partial charge is 0.550 e. The van der Waals surface area contributed by atoms with Gasteiger partial charge >= 0.3 is 15.1 Å². The molecule has 19 heavy (non-hydrogen) atoms. The average Bonchev–Trinajstić information content (AvgIpc) is 2.27. The Morgan fingerprint density at radius 2 is 0.947 bits per heavy atom. The quantitative estimate of drug-likeness (QED) is 0.425. The highest BCUT2D eigenvalue weighted by Crippen LogP contribution is 2.09. The van der Waals surface area contributed by atoms with Gasteiger partial charge in [0.2, 0.25) is 0 Å². The molecule has 0 aromatic rings. The molecule has 0 aromatic carbocycles. The number of halogens is 3. The van der Waals surface area contributed by atoms with Crippen LogP contribution in [0.4, 0.5) is 0 Å². The molecule has 0 aliphatic heterocycles. The zero-order chi connectivity index (χ0) is 15.2. The van der Waals surface area contributed by atoms with E-state index >= 15 is 0 Å². The Balaban J connectivity index is 4.68. The summed E-state index contributed by atoms with van der Waals surface area (Å²) in [5.74, 6) is -2.00. The third-order valence-electron chi connectivity index (χ3n) is 1.61. The lowest BCUT2D eigenvalue weighted by Crippen LogP contribution is -2.39. The molecule has 3 atom stereocenters. The van der Waals surface area contributed by atoms with E-state index in [-0.39, 0.29) is 0 Å². The van der Waals surface area contributed by atoms with E-state index in [0.29, 0.717) is 0 Å². The fourth-order valence-electron chi connectivity index (χ4n) is 0.638. The molecule has 0 N–H and O–H groups in total. The van der Waals surface area contributed by atoms with E-state index in [4.69, 9.17) is 11.4 Å². The van der Waals surface area contributed by atoms with E-state index in [1.54, 1.807) is 0 Å². The van der Waals surface area contributed by atoms with Crippen molar-refractivity contribution < 1.29 is 25.7 Å². The molecule has 0 rings (SSSR count). The van der Waals surface area contributed by atoms with E-state index in [9.17, 15) is 14.4 Å². The van der Waals surface area contributed by atoms with Crippen LogP contribution in [0.2, 0.25) is 0 Å². The lowest BCUT2D eigenvalue weighted by atomic mass is 10.5. The number of carbonyl (C=O) groups is 3. The van der Waals surface area contributed by atoms with Gasteiger partial charge in [-0.15, -0.1) is 0 Å². The highest BCUT2D eigenvalue weighted by atomic mass is 79.9. The zero-order valence-corrected chi connectivity index (χ0v) is 16.3. The second kappa shape index (κ2) is 9.34. The van der Waals surface area contributed by atoms with Crippen molar-refractivity contribution in [2.24, 2.45) is 0 Å². The van der Waals surface area contributed by atoms with Gasteiger partial charge in [-0.2, -0.15) is 0 Å². The van der Waals surface area contributed by atoms with Crippen molar-refractivity contribution >= 4 is 80.8 Å². The summed E-state index contributed by atoms with van der Waals surface area (Å²) < 4.78 is 14.6. The van der Waals surface area contributed by atoms with Crippen LogP contribution in [0.5, 0.6) is 0 Å². The molecule has 0 heterocycles. The van der Waals surface area contributed by atoms with Gasteiger partial charge in [-0.05, 0) is 20.8 Å². The second-order valence-corrected chi connectivity index (χ2v) is 8.85. The predicted molar refractivity (Wildman–Crippen MR) is 79.2 cm³/mol. The van der Waals surface area contributed by atoms with Crippen LogP contribution in [0, 0.1) is 0 Å². The van der Waals surface area contributed by atoms with E-state index in [1.807, 2.05) is 0 Å². The van der Waals surface area contributed by atoms with Crippen LogP contribution in [-0.2, 0) is 25.7 Å². The minimum Gasteiger partial charge on any atom is -0.550 e. The first-order valence-corrected chi connectivity index (χ1v) is 9.35. The topological polar surface area (TPSA) is 78.9 Å². The van der Waals surface area contributed by atoms with Gasteiger partial charge in [0.05, 0.1) is 0 Å². The Labute approximate surface area is 141 Å². The van der Waals surface area contributed by atoms with Crippen molar-refractivity contribution in [2.75, 3.05) is 0 Å². The maximum Gasteiger partial charge on any atom is 1.20 e. The molecule has 0 radical (unpaired) electrons. The Morgan fingerprint density at radius 3 is 1.11 bits per heavy atom. The minimum absolute atomic E-state index is 0.595. The van der Waals surface area contributed by atoms with Crippen LogP contribution in [0.3, 0.4) is 0 Å². The third kappa shape index (κ3) is 8.30. The average molecular weight is 483 g/mol. The van der Waals surface area contributed by atoms with Gasteiger partial charge in [-0.1, -0.05) is 47.8 Å². The molecule has 0 bridgehead atoms. The molecule has 108 valence electrons. The van der Waals surface area contributed by atoms with Crippen molar-refractivity contribution in [2.45, 2.75) is 35.3 Å². The van der Waals surface area contributed by atoms with Crippen LogP contribution in [0.1, 0.15) is 20.8 Å². The summed E-state index contributed by atoms with van der Waals surface area (Å²) in [4.78, 5) is 32.5. The maximum absolute atomic E-state index is 11.4. The van der Waals surface area contributed by atoms with E-state index in [0.717, 1.165) is 0 Å². The van der Waals surface area contributed by atoms with Gasteiger partial charge in [-0.25, -0.2) is 0 Å². The first-order valence-electron chi connectivity index (χ1n) is 5.18. The summed E-state index contributed by atoms with van der Waals surface area (Å²) in [6, 6.07) is 0. The van der Waals surface area contributed by atoms with Crippen molar-refractivity contribution in [3.05, 3.63) is 0 Å². The molecule has 3 unspecified atom stereocenters. The summed E-state index contributed by atoms with van der Waals surface area (Å²) in [6.45, 7) is 4.62. The van der Waals surface area contributed by atoms with Crippen LogP contribution < -0.4 is 0 Å². The Hall–Kier alpha value is 0.382. The number of rotatable bonds is 6. The second-order valence-electron chi connectivity index (χ2n) is 3.45. The monoisotopic (exact) mass is 480 g/mol. The molecule has 0 aromatic heterocycles. The summed E-state index contributed by atoms with van der Waals surface area (Å²) in [5.41, 5.74) is 0. The minimum atomic E-state index is -3.21. The van der Waals surface area contributed by atoms with E-state index < -0.39 is 47.5 Å². The molecule has 10 heteroatoms. The molecule has 0 aliphatic rings. The van der Waals surface area contributed by atoms with E-state index in [2.05, 4.69) is 47.8 Å². The highest BCUT2D eigenvalue weighted by Gasteiger charge is 2.50. The van der Waals surface area contributed by atoms with Crippen molar-refractivity contribution in [1.82, 2.24) is 0 Å². The summed E-state index contributed by atoms with van der Waals surface area (Å²) in [7, 11) is 0. The van der Waals surface area contributed by atoms with Crippen molar-refractivity contribution in [3.63, 3.8) is 0 Å². The SMILES string of the molecule is CC(Br)C(=O)[O][Al]([O]C(=O)C(C)Br)[O]C(=O)C(C)Br. The molecule has 0 spiro atoms. The maximum atomic E-state index is 11.4. The summed E-state index contributed by atoms with van der Waals surface area (Å²) in [6.07, 6.45) is 0. The van der Waals surface area contributed by atoms with Gasteiger partial charge in [0.15, 0.2) is 0 Å². The molecule has 0 saturated heterocycles. The van der Waals surface area contributed by atoms with Crippen LogP contribution in [-0.4, -0.2) is 47.5 Å². The van der Waals surface area contributed by atoms with Gasteiger partial charge in [-0.3, -0.25) is 14.4 Å². The third-order valence-corrected chi connectivity index (χ3v) is 4.01. The number of carbonyl (C=O) groups excluding carboxylic acids is 3. The number of hydrogen-bond acceptors (Lipinski definition) is 6. The molecule has 0 amide bonds. The molecule has 0 fully saturated rings. The Kier molecular flexibility index (Phi) is 9.53. The standard InChI is InChI=1S/3C3H5BrO2.Al/c3*1-2(4)3(5)6;/h3*2H,1H3,(H,5,6);/q;;;+3/p-3. The molecular weight excluding hydrogens is 471 g/mol. The summed E-state index contributed by atoms with van der Waals surface area (Å²) in [5, 5.41) is 0. The highest BCUT2D eigenvalue weighted by molar-refractivity contribution is 9.10. The van der Waals surface area contributed by atoms with E-state index in [1.165, 1.54) is 20.8 Å². The van der Waals surface area contributed by atoms with Gasteiger partial charge in [0.1, 0.15) is 14.5 Å². The first kappa shape index (κ1) is 19.4. The Bertz CT molecular complexity index is 295. The van der Waals surface area contributed by atoms with Crippen LogP contribution in [0.25, 0.3) is 0 Å². The first-order chi connectivity index (χ1) is 8.65.